The van der Waals surface area contributed by atoms with E-state index in [0.717, 1.165) is 35.6 Å². The first kappa shape index (κ1) is 23.5. The molecule has 6 heteroatoms. The van der Waals surface area contributed by atoms with E-state index in [2.05, 4.69) is 12.2 Å². The monoisotopic (exact) mass is 461 g/mol. The van der Waals surface area contributed by atoms with Crippen LogP contribution in [0.2, 0.25) is 0 Å². The Morgan fingerprint density at radius 3 is 2.50 bits per heavy atom. The van der Waals surface area contributed by atoms with E-state index in [1.54, 1.807) is 6.07 Å². The lowest BCUT2D eigenvalue weighted by Crippen LogP contribution is -2.16. The van der Waals surface area contributed by atoms with Gasteiger partial charge in [0.25, 0.3) is 0 Å². The molecule has 0 aromatic heterocycles. The number of aryl methyl sites for hydroxylation is 1. The van der Waals surface area contributed by atoms with Crippen LogP contribution in [0.3, 0.4) is 0 Å². The fourth-order valence-electron chi connectivity index (χ4n) is 4.56. The summed E-state index contributed by atoms with van der Waals surface area (Å²) in [6, 6.07) is 14.9. The van der Waals surface area contributed by atoms with Crippen molar-refractivity contribution in [2.45, 2.75) is 52.1 Å². The Bertz CT molecular complexity index is 1240. The number of carbonyl (C=O) groups is 2. The normalized spacial score (nSPS) is 16.6. The summed E-state index contributed by atoms with van der Waals surface area (Å²) < 4.78 is 20.3. The Morgan fingerprint density at radius 2 is 1.82 bits per heavy atom. The third kappa shape index (κ3) is 4.81. The Hall–Kier alpha value is -3.67. The predicted molar refractivity (Wildman–Crippen MR) is 130 cm³/mol. The van der Waals surface area contributed by atoms with Crippen molar-refractivity contribution in [3.8, 4) is 16.9 Å². The number of amides is 1. The highest BCUT2D eigenvalue weighted by Crippen LogP contribution is 2.47. The summed E-state index contributed by atoms with van der Waals surface area (Å²) in [4.78, 5) is 24.7. The van der Waals surface area contributed by atoms with E-state index in [-0.39, 0.29) is 35.5 Å². The fourth-order valence-corrected chi connectivity index (χ4v) is 4.56. The van der Waals surface area contributed by atoms with Crippen molar-refractivity contribution in [3.05, 3.63) is 82.7 Å². The van der Waals surface area contributed by atoms with Crippen LogP contribution in [0.25, 0.3) is 11.1 Å². The summed E-state index contributed by atoms with van der Waals surface area (Å²) in [6.45, 7) is 6.07. The molecule has 3 aromatic rings. The van der Waals surface area contributed by atoms with E-state index in [1.165, 1.54) is 12.1 Å². The van der Waals surface area contributed by atoms with Gasteiger partial charge in [0.15, 0.2) is 0 Å². The van der Waals surface area contributed by atoms with Crippen LogP contribution in [-0.4, -0.2) is 23.1 Å². The maximum absolute atomic E-state index is 14.1. The summed E-state index contributed by atoms with van der Waals surface area (Å²) in [6.07, 6.45) is 1.92. The number of ether oxygens (including phenoxy) is 1. The van der Waals surface area contributed by atoms with Crippen LogP contribution in [-0.2, 0) is 11.2 Å². The summed E-state index contributed by atoms with van der Waals surface area (Å²) in [5, 5.41) is 12.6. The molecule has 0 saturated carbocycles. The van der Waals surface area contributed by atoms with Gasteiger partial charge in [0, 0.05) is 11.5 Å². The summed E-state index contributed by atoms with van der Waals surface area (Å²) in [7, 11) is 0. The lowest BCUT2D eigenvalue weighted by molar-refractivity contribution is -0.115. The predicted octanol–water partition coefficient (Wildman–Crippen LogP) is 6.35. The van der Waals surface area contributed by atoms with Gasteiger partial charge in [-0.3, -0.25) is 4.79 Å². The molecule has 4 rings (SSSR count). The quantitative estimate of drug-likeness (QED) is 0.430. The first-order valence-electron chi connectivity index (χ1n) is 11.5. The number of rotatable bonds is 7. The third-order valence-electron chi connectivity index (χ3n) is 6.27. The standard InChI is InChI=1S/C28H28FNO4/c1-4-5-21-17(3)34-27-24(21)13-19(23-15-20(29)10-11-22(23)28(32)33)14-25(27)30-26(31)12-18-8-6-16(2)7-9-18/h6-11,13-15,17,21H,4-5,12H2,1-3H3,(H,30,31)(H,32,33)/t17-,21?/m0/s1. The third-order valence-corrected chi connectivity index (χ3v) is 6.27. The zero-order valence-corrected chi connectivity index (χ0v) is 19.5. The van der Waals surface area contributed by atoms with Crippen LogP contribution in [0.4, 0.5) is 10.1 Å². The van der Waals surface area contributed by atoms with Crippen molar-refractivity contribution in [2.75, 3.05) is 5.32 Å². The molecule has 5 nitrogen and oxygen atoms in total. The van der Waals surface area contributed by atoms with Gasteiger partial charge >= 0.3 is 5.97 Å². The number of nitrogens with one attached hydrogen (secondary N) is 1. The largest absolute Gasteiger partial charge is 0.488 e. The van der Waals surface area contributed by atoms with E-state index in [9.17, 15) is 19.1 Å². The number of aromatic carboxylic acids is 1. The number of carboxylic acid groups (broad SMARTS) is 1. The van der Waals surface area contributed by atoms with Crippen molar-refractivity contribution >= 4 is 17.6 Å². The van der Waals surface area contributed by atoms with Gasteiger partial charge in [0.05, 0.1) is 17.7 Å². The van der Waals surface area contributed by atoms with Gasteiger partial charge in [-0.05, 0) is 67.3 Å². The minimum atomic E-state index is -1.14. The number of fused-ring (bicyclic) bond motifs is 1. The van der Waals surface area contributed by atoms with E-state index in [0.29, 0.717) is 17.0 Å². The highest BCUT2D eigenvalue weighted by atomic mass is 19.1. The molecule has 2 atom stereocenters. The lowest BCUT2D eigenvalue weighted by Gasteiger charge is -2.15. The van der Waals surface area contributed by atoms with Gasteiger partial charge in [0.2, 0.25) is 5.91 Å². The zero-order chi connectivity index (χ0) is 24.4. The lowest BCUT2D eigenvalue weighted by atomic mass is 9.88. The molecule has 0 saturated heterocycles. The average Bonchev–Trinajstić information content (AvgIpc) is 3.11. The smallest absolute Gasteiger partial charge is 0.336 e. The van der Waals surface area contributed by atoms with E-state index in [4.69, 9.17) is 4.74 Å². The number of hydrogen-bond acceptors (Lipinski definition) is 3. The van der Waals surface area contributed by atoms with Crippen molar-refractivity contribution in [1.82, 2.24) is 0 Å². The van der Waals surface area contributed by atoms with Crippen LogP contribution < -0.4 is 10.1 Å². The van der Waals surface area contributed by atoms with Gasteiger partial charge in [0.1, 0.15) is 17.7 Å². The Labute approximate surface area is 198 Å². The molecule has 2 N–H and O–H groups in total. The molecule has 0 bridgehead atoms. The fraction of sp³-hybridized carbons (Fsp3) is 0.286. The van der Waals surface area contributed by atoms with Crippen LogP contribution >= 0.6 is 0 Å². The van der Waals surface area contributed by atoms with Crippen LogP contribution in [0.1, 0.15) is 59.7 Å². The van der Waals surface area contributed by atoms with Crippen molar-refractivity contribution in [2.24, 2.45) is 0 Å². The van der Waals surface area contributed by atoms with Gasteiger partial charge in [-0.2, -0.15) is 0 Å². The minimum Gasteiger partial charge on any atom is -0.488 e. The van der Waals surface area contributed by atoms with Crippen LogP contribution in [0.15, 0.2) is 54.6 Å². The topological polar surface area (TPSA) is 75.6 Å². The number of carboxylic acids is 1. The molecule has 1 aliphatic rings. The Morgan fingerprint density at radius 1 is 1.09 bits per heavy atom. The Balaban J connectivity index is 1.77. The molecule has 34 heavy (non-hydrogen) atoms. The molecule has 1 aliphatic heterocycles. The first-order chi connectivity index (χ1) is 16.3. The Kier molecular flexibility index (Phi) is 6.68. The number of carbonyl (C=O) groups excluding carboxylic acids is 1. The molecule has 0 aliphatic carbocycles. The highest BCUT2D eigenvalue weighted by molar-refractivity contribution is 5.99. The van der Waals surface area contributed by atoms with Gasteiger partial charge in [-0.15, -0.1) is 0 Å². The zero-order valence-electron chi connectivity index (χ0n) is 19.5. The molecule has 1 heterocycles. The van der Waals surface area contributed by atoms with Gasteiger partial charge in [-0.25, -0.2) is 9.18 Å². The maximum atomic E-state index is 14.1. The molecule has 0 spiro atoms. The number of benzene rings is 3. The van der Waals surface area contributed by atoms with Gasteiger partial charge < -0.3 is 15.2 Å². The molecule has 176 valence electrons. The second-order valence-electron chi connectivity index (χ2n) is 8.87. The average molecular weight is 462 g/mol. The van der Waals surface area contributed by atoms with Gasteiger partial charge in [-0.1, -0.05) is 43.2 Å². The molecule has 0 fully saturated rings. The molecule has 0 radical (unpaired) electrons. The molecular weight excluding hydrogens is 433 g/mol. The molecule has 1 unspecified atom stereocenters. The highest BCUT2D eigenvalue weighted by Gasteiger charge is 2.34. The maximum Gasteiger partial charge on any atom is 0.336 e. The van der Waals surface area contributed by atoms with E-state index >= 15 is 0 Å². The van der Waals surface area contributed by atoms with Crippen LogP contribution in [0.5, 0.6) is 5.75 Å². The second-order valence-corrected chi connectivity index (χ2v) is 8.87. The molecular formula is C28H28FNO4. The van der Waals surface area contributed by atoms with E-state index in [1.807, 2.05) is 44.2 Å². The summed E-state index contributed by atoms with van der Waals surface area (Å²) >= 11 is 0. The first-order valence-corrected chi connectivity index (χ1v) is 11.5. The summed E-state index contributed by atoms with van der Waals surface area (Å²) in [5.74, 6) is -1.19. The number of hydrogen-bond donors (Lipinski definition) is 2. The van der Waals surface area contributed by atoms with E-state index < -0.39 is 11.8 Å². The molecule has 1 amide bonds. The summed E-state index contributed by atoms with van der Waals surface area (Å²) in [5.41, 5.74) is 4.15. The number of halogens is 1. The van der Waals surface area contributed by atoms with Crippen molar-refractivity contribution in [3.63, 3.8) is 0 Å². The SMILES string of the molecule is CCCC1c2cc(-c3cc(F)ccc3C(=O)O)cc(NC(=O)Cc3ccc(C)cc3)c2O[C@H]1C. The minimum absolute atomic E-state index is 0.00251. The number of anilines is 1. The van der Waals surface area contributed by atoms with Crippen molar-refractivity contribution in [1.29, 1.82) is 0 Å². The van der Waals surface area contributed by atoms with Crippen molar-refractivity contribution < 1.29 is 23.8 Å². The second kappa shape index (κ2) is 9.67. The van der Waals surface area contributed by atoms with Crippen LogP contribution in [0, 0.1) is 12.7 Å². The molecule has 3 aromatic carbocycles.